The topological polar surface area (TPSA) is 53.5 Å². The minimum Gasteiger partial charge on any atom is -0.354 e. The number of piperazine rings is 1. The van der Waals surface area contributed by atoms with Gasteiger partial charge in [-0.1, -0.05) is 0 Å². The first-order chi connectivity index (χ1) is 8.38. The summed E-state index contributed by atoms with van der Waals surface area (Å²) in [5, 5.41) is 0. The molecule has 0 spiro atoms. The summed E-state index contributed by atoms with van der Waals surface area (Å²) in [4.78, 5) is 6.48. The van der Waals surface area contributed by atoms with Crippen LogP contribution in [0.25, 0.3) is 0 Å². The van der Waals surface area contributed by atoms with Gasteiger partial charge in [-0.2, -0.15) is 4.31 Å². The molecular weight excluding hydrogens is 250 g/mol. The van der Waals surface area contributed by atoms with Crippen LogP contribution in [0.1, 0.15) is 12.5 Å². The molecule has 1 fully saturated rings. The van der Waals surface area contributed by atoms with Crippen molar-refractivity contribution < 1.29 is 8.42 Å². The molecule has 0 aromatic carbocycles. The maximum atomic E-state index is 11.6. The summed E-state index contributed by atoms with van der Waals surface area (Å²) in [5.41, 5.74) is 1.16. The van der Waals surface area contributed by atoms with Crippen molar-refractivity contribution in [3.05, 3.63) is 23.9 Å². The predicted octanol–water partition coefficient (Wildman–Crippen LogP) is 0.860. The Bertz CT molecular complexity index is 530. The van der Waals surface area contributed by atoms with E-state index in [9.17, 15) is 8.42 Å². The van der Waals surface area contributed by atoms with Crippen LogP contribution in [0.5, 0.6) is 0 Å². The van der Waals surface area contributed by atoms with Gasteiger partial charge in [-0.15, -0.1) is 0 Å². The van der Waals surface area contributed by atoms with Gasteiger partial charge in [0.25, 0.3) is 0 Å². The van der Waals surface area contributed by atoms with E-state index in [1.165, 1.54) is 6.26 Å². The zero-order chi connectivity index (χ0) is 13.3. The molecule has 0 bridgehead atoms. The summed E-state index contributed by atoms with van der Waals surface area (Å²) in [7, 11) is -3.10. The number of hydrogen-bond donors (Lipinski definition) is 0. The number of aromatic nitrogens is 1. The van der Waals surface area contributed by atoms with Crippen molar-refractivity contribution in [3.8, 4) is 0 Å². The standard InChI is InChI=1S/C12H19N3O2S/c1-10-4-5-13-12(8-10)14-6-7-15(11(2)9-14)18(3,16)17/h4-5,8,11H,6-7,9H2,1-3H3/t11-/m0/s1. The largest absolute Gasteiger partial charge is 0.354 e. The van der Waals surface area contributed by atoms with Crippen molar-refractivity contribution >= 4 is 15.8 Å². The smallest absolute Gasteiger partial charge is 0.211 e. The molecule has 1 aromatic rings. The molecule has 0 radical (unpaired) electrons. The van der Waals surface area contributed by atoms with E-state index in [1.54, 1.807) is 10.5 Å². The summed E-state index contributed by atoms with van der Waals surface area (Å²) in [5.74, 6) is 0.926. The number of hydrogen-bond acceptors (Lipinski definition) is 4. The van der Waals surface area contributed by atoms with Crippen LogP contribution in [0.2, 0.25) is 0 Å². The van der Waals surface area contributed by atoms with Crippen molar-refractivity contribution in [1.82, 2.24) is 9.29 Å². The average Bonchev–Trinajstić information content (AvgIpc) is 2.27. The molecule has 2 heterocycles. The third-order valence-corrected chi connectivity index (χ3v) is 4.61. The molecule has 100 valence electrons. The molecule has 1 aliphatic rings. The van der Waals surface area contributed by atoms with Crippen molar-refractivity contribution in [2.45, 2.75) is 19.9 Å². The fourth-order valence-electron chi connectivity index (χ4n) is 2.33. The molecule has 0 aliphatic carbocycles. The molecule has 1 aromatic heterocycles. The second-order valence-corrected chi connectivity index (χ2v) is 6.80. The number of sulfonamides is 1. The Kier molecular flexibility index (Phi) is 3.59. The molecule has 1 atom stereocenters. The quantitative estimate of drug-likeness (QED) is 0.799. The highest BCUT2D eigenvalue weighted by molar-refractivity contribution is 7.88. The van der Waals surface area contributed by atoms with Crippen LogP contribution in [0.4, 0.5) is 5.82 Å². The van der Waals surface area contributed by atoms with Gasteiger partial charge in [0, 0.05) is 31.9 Å². The third-order valence-electron chi connectivity index (χ3n) is 3.22. The Morgan fingerprint density at radius 1 is 1.39 bits per heavy atom. The number of anilines is 1. The second kappa shape index (κ2) is 4.85. The third kappa shape index (κ3) is 2.81. The lowest BCUT2D eigenvalue weighted by molar-refractivity contribution is 0.308. The van der Waals surface area contributed by atoms with Crippen LogP contribution in [0.3, 0.4) is 0 Å². The van der Waals surface area contributed by atoms with Crippen LogP contribution in [0, 0.1) is 6.92 Å². The van der Waals surface area contributed by atoms with E-state index in [-0.39, 0.29) is 6.04 Å². The Hall–Kier alpha value is -1.14. The van der Waals surface area contributed by atoms with Gasteiger partial charge in [-0.3, -0.25) is 0 Å². The van der Waals surface area contributed by atoms with Gasteiger partial charge in [-0.25, -0.2) is 13.4 Å². The average molecular weight is 269 g/mol. The minimum absolute atomic E-state index is 0.0175. The Labute approximate surface area is 108 Å². The van der Waals surface area contributed by atoms with Crippen LogP contribution in [0.15, 0.2) is 18.3 Å². The number of aryl methyl sites for hydroxylation is 1. The zero-order valence-electron chi connectivity index (χ0n) is 11.0. The van der Waals surface area contributed by atoms with Gasteiger partial charge in [-0.05, 0) is 31.5 Å². The lowest BCUT2D eigenvalue weighted by atomic mass is 10.2. The summed E-state index contributed by atoms with van der Waals surface area (Å²) in [6, 6.07) is 3.97. The first-order valence-electron chi connectivity index (χ1n) is 6.02. The van der Waals surface area contributed by atoms with E-state index in [0.717, 1.165) is 11.4 Å². The Morgan fingerprint density at radius 3 is 2.67 bits per heavy atom. The number of nitrogens with zero attached hydrogens (tertiary/aromatic N) is 3. The van der Waals surface area contributed by atoms with Crippen molar-refractivity contribution in [3.63, 3.8) is 0 Å². The summed E-state index contributed by atoms with van der Waals surface area (Å²) < 4.78 is 24.7. The normalized spacial score (nSPS) is 22.2. The van der Waals surface area contributed by atoms with Gasteiger partial charge in [0.05, 0.1) is 6.26 Å². The van der Waals surface area contributed by atoms with E-state index >= 15 is 0 Å². The highest BCUT2D eigenvalue weighted by atomic mass is 32.2. The van der Waals surface area contributed by atoms with Crippen molar-refractivity contribution in [2.75, 3.05) is 30.8 Å². The van der Waals surface area contributed by atoms with Crippen LogP contribution >= 0.6 is 0 Å². The molecule has 6 heteroatoms. The SMILES string of the molecule is Cc1ccnc(N2CCN(S(C)(=O)=O)[C@@H](C)C2)c1. The number of rotatable bonds is 2. The molecule has 18 heavy (non-hydrogen) atoms. The molecule has 1 saturated heterocycles. The molecule has 1 aliphatic heterocycles. The van der Waals surface area contributed by atoms with Gasteiger partial charge in [0.15, 0.2) is 0 Å². The highest BCUT2D eigenvalue weighted by Gasteiger charge is 2.30. The lowest BCUT2D eigenvalue weighted by Crippen LogP contribution is -2.53. The van der Waals surface area contributed by atoms with E-state index in [2.05, 4.69) is 9.88 Å². The molecule has 5 nitrogen and oxygen atoms in total. The zero-order valence-corrected chi connectivity index (χ0v) is 11.8. The molecule has 0 amide bonds. The van der Waals surface area contributed by atoms with Gasteiger partial charge in [0.1, 0.15) is 5.82 Å². The fraction of sp³-hybridized carbons (Fsp3) is 0.583. The van der Waals surface area contributed by atoms with E-state index in [1.807, 2.05) is 26.0 Å². The monoisotopic (exact) mass is 269 g/mol. The summed E-state index contributed by atoms with van der Waals surface area (Å²) in [6.45, 7) is 5.86. The number of pyridine rings is 1. The summed E-state index contributed by atoms with van der Waals surface area (Å²) >= 11 is 0. The maximum Gasteiger partial charge on any atom is 0.211 e. The second-order valence-electron chi connectivity index (χ2n) is 4.86. The van der Waals surface area contributed by atoms with Crippen molar-refractivity contribution in [1.29, 1.82) is 0 Å². The van der Waals surface area contributed by atoms with E-state index < -0.39 is 10.0 Å². The molecule has 0 unspecified atom stereocenters. The maximum absolute atomic E-state index is 11.6. The predicted molar refractivity (Wildman–Crippen MR) is 72.2 cm³/mol. The van der Waals surface area contributed by atoms with Gasteiger partial charge in [0.2, 0.25) is 10.0 Å². The Morgan fingerprint density at radius 2 is 2.11 bits per heavy atom. The highest BCUT2D eigenvalue weighted by Crippen LogP contribution is 2.19. The molecule has 2 rings (SSSR count). The van der Waals surface area contributed by atoms with E-state index in [0.29, 0.717) is 19.6 Å². The first kappa shape index (κ1) is 13.3. The van der Waals surface area contributed by atoms with Crippen LogP contribution in [-0.2, 0) is 10.0 Å². The fourth-order valence-corrected chi connectivity index (χ4v) is 3.47. The van der Waals surface area contributed by atoms with Crippen LogP contribution < -0.4 is 4.90 Å². The minimum atomic E-state index is -3.10. The van der Waals surface area contributed by atoms with E-state index in [4.69, 9.17) is 0 Å². The molecule has 0 saturated carbocycles. The first-order valence-corrected chi connectivity index (χ1v) is 7.87. The lowest BCUT2D eigenvalue weighted by Gasteiger charge is -2.38. The molecule has 0 N–H and O–H groups in total. The van der Waals surface area contributed by atoms with Gasteiger partial charge >= 0.3 is 0 Å². The molecular formula is C12H19N3O2S. The Balaban J connectivity index is 2.13. The van der Waals surface area contributed by atoms with Crippen LogP contribution in [-0.4, -0.2) is 49.6 Å². The van der Waals surface area contributed by atoms with Crippen molar-refractivity contribution in [2.24, 2.45) is 0 Å². The summed E-state index contributed by atoms with van der Waals surface area (Å²) in [6.07, 6.45) is 3.06. The van der Waals surface area contributed by atoms with Gasteiger partial charge < -0.3 is 4.90 Å².